The Morgan fingerprint density at radius 3 is 2.26 bits per heavy atom. The van der Waals surface area contributed by atoms with Crippen molar-refractivity contribution in [1.82, 2.24) is 9.97 Å². The number of phenols is 1. The molecule has 214 valence electrons. The number of fused-ring (bicyclic) bond motifs is 1. The van der Waals surface area contributed by atoms with Gasteiger partial charge in [-0.15, -0.1) is 0 Å². The highest BCUT2D eigenvalue weighted by Gasteiger charge is 2.20. The molecule has 0 fully saturated rings. The molecule has 0 radical (unpaired) electrons. The molecule has 0 saturated heterocycles. The fourth-order valence-electron chi connectivity index (χ4n) is 4.22. The molecule has 11 nitrogen and oxygen atoms in total. The van der Waals surface area contributed by atoms with Gasteiger partial charge in [0.2, 0.25) is 5.91 Å². The van der Waals surface area contributed by atoms with Crippen LogP contribution in [-0.4, -0.2) is 43.6 Å². The van der Waals surface area contributed by atoms with Crippen molar-refractivity contribution in [2.24, 2.45) is 0 Å². The normalized spacial score (nSPS) is 11.1. The smallest absolute Gasteiger partial charge is 0.263 e. The molecule has 12 heteroatoms. The average molecular weight is 586 g/mol. The first kappa shape index (κ1) is 28.2. The van der Waals surface area contributed by atoms with Crippen LogP contribution in [0.3, 0.4) is 0 Å². The number of hydrogen-bond acceptors (Lipinski definition) is 9. The summed E-state index contributed by atoms with van der Waals surface area (Å²) in [5, 5.41) is 15.8. The average Bonchev–Trinajstić information content (AvgIpc) is 2.97. The van der Waals surface area contributed by atoms with E-state index in [0.29, 0.717) is 39.5 Å². The second-order valence-corrected chi connectivity index (χ2v) is 10.8. The summed E-state index contributed by atoms with van der Waals surface area (Å²) in [7, 11) is -1.19. The van der Waals surface area contributed by atoms with Crippen LogP contribution in [0.2, 0.25) is 0 Å². The third kappa shape index (κ3) is 6.50. The molecular formula is C30H27N5O6S. The summed E-state index contributed by atoms with van der Waals surface area (Å²) in [4.78, 5) is 21.7. The number of benzene rings is 4. The van der Waals surface area contributed by atoms with Gasteiger partial charge >= 0.3 is 0 Å². The van der Waals surface area contributed by atoms with Gasteiger partial charge in [-0.1, -0.05) is 36.4 Å². The molecule has 4 aromatic carbocycles. The lowest BCUT2D eigenvalue weighted by Gasteiger charge is -2.15. The highest BCUT2D eigenvalue weighted by molar-refractivity contribution is 7.92. The second kappa shape index (κ2) is 12.0. The Morgan fingerprint density at radius 2 is 1.52 bits per heavy atom. The fourth-order valence-corrected chi connectivity index (χ4v) is 5.28. The molecule has 5 aromatic rings. The molecule has 1 amide bonds. The Hall–Kier alpha value is -5.36. The SMILES string of the molecule is COc1cc(O)cc(Nc2nc3ccccc3nc2NS(=O)(=O)c2cccc(NC(=O)Cc3ccccc3OC)c2)c1. The van der Waals surface area contributed by atoms with Crippen LogP contribution >= 0.6 is 0 Å². The second-order valence-electron chi connectivity index (χ2n) is 9.12. The van der Waals surface area contributed by atoms with E-state index in [9.17, 15) is 18.3 Å². The van der Waals surface area contributed by atoms with Gasteiger partial charge in [-0.3, -0.25) is 9.52 Å². The predicted molar refractivity (Wildman–Crippen MR) is 160 cm³/mol. The number of rotatable bonds is 10. The number of nitrogens with one attached hydrogen (secondary N) is 3. The number of para-hydroxylation sites is 3. The van der Waals surface area contributed by atoms with E-state index in [2.05, 4.69) is 25.3 Å². The van der Waals surface area contributed by atoms with Gasteiger partial charge < -0.3 is 25.2 Å². The Kier molecular flexibility index (Phi) is 8.07. The summed E-state index contributed by atoms with van der Waals surface area (Å²) in [6, 6.07) is 24.5. The number of nitrogens with zero attached hydrogens (tertiary/aromatic N) is 2. The van der Waals surface area contributed by atoms with Crippen LogP contribution in [0.25, 0.3) is 11.0 Å². The van der Waals surface area contributed by atoms with E-state index in [4.69, 9.17) is 9.47 Å². The van der Waals surface area contributed by atoms with Crippen LogP contribution in [0.5, 0.6) is 17.2 Å². The first-order chi connectivity index (χ1) is 20.2. The minimum Gasteiger partial charge on any atom is -0.508 e. The van der Waals surface area contributed by atoms with Crippen LogP contribution in [-0.2, 0) is 21.2 Å². The Morgan fingerprint density at radius 1 is 0.810 bits per heavy atom. The lowest BCUT2D eigenvalue weighted by molar-refractivity contribution is -0.115. The molecule has 0 aliphatic carbocycles. The van der Waals surface area contributed by atoms with Crippen molar-refractivity contribution in [2.75, 3.05) is 29.6 Å². The maximum atomic E-state index is 13.5. The summed E-state index contributed by atoms with van der Waals surface area (Å²) >= 11 is 0. The van der Waals surface area contributed by atoms with Gasteiger partial charge in [0, 0.05) is 35.1 Å². The van der Waals surface area contributed by atoms with Gasteiger partial charge in [-0.2, -0.15) is 0 Å². The van der Waals surface area contributed by atoms with Crippen molar-refractivity contribution in [2.45, 2.75) is 11.3 Å². The van der Waals surface area contributed by atoms with E-state index in [1.54, 1.807) is 54.6 Å². The van der Waals surface area contributed by atoms with Crippen molar-refractivity contribution >= 4 is 50.0 Å². The zero-order valence-electron chi connectivity index (χ0n) is 22.7. The zero-order chi connectivity index (χ0) is 29.7. The number of hydrogen-bond donors (Lipinski definition) is 4. The minimum absolute atomic E-state index is 0.0424. The van der Waals surface area contributed by atoms with E-state index >= 15 is 0 Å². The molecule has 0 saturated carbocycles. The standard InChI is InChI=1S/C30H27N5O6S/c1-40-23-16-21(15-22(36)18-23)32-29-30(34-26-12-5-4-11-25(26)33-29)35-42(38,39)24-10-7-9-20(17-24)31-28(37)14-19-8-3-6-13-27(19)41-2/h3-13,15-18,36H,14H2,1-2H3,(H,31,37)(H,32,33)(H,34,35). The first-order valence-electron chi connectivity index (χ1n) is 12.7. The lowest BCUT2D eigenvalue weighted by Crippen LogP contribution is -2.18. The summed E-state index contributed by atoms with van der Waals surface area (Å²) in [5.74, 6) is 0.608. The van der Waals surface area contributed by atoms with Crippen molar-refractivity contribution in [3.63, 3.8) is 0 Å². The number of ether oxygens (including phenoxy) is 2. The van der Waals surface area contributed by atoms with Gasteiger partial charge in [-0.05, 0) is 36.4 Å². The number of methoxy groups -OCH3 is 2. The number of anilines is 4. The fraction of sp³-hybridized carbons (Fsp3) is 0.100. The number of carbonyl (C=O) groups excluding carboxylic acids is 1. The quantitative estimate of drug-likeness (QED) is 0.176. The first-order valence-corrected chi connectivity index (χ1v) is 14.2. The summed E-state index contributed by atoms with van der Waals surface area (Å²) < 4.78 is 40.1. The number of amides is 1. The van der Waals surface area contributed by atoms with Crippen molar-refractivity contribution < 1.29 is 27.8 Å². The lowest BCUT2D eigenvalue weighted by atomic mass is 10.1. The van der Waals surface area contributed by atoms with Gasteiger partial charge in [0.05, 0.1) is 36.6 Å². The molecule has 1 heterocycles. The summed E-state index contributed by atoms with van der Waals surface area (Å²) in [6.07, 6.45) is 0.0424. The van der Waals surface area contributed by atoms with E-state index < -0.39 is 10.0 Å². The van der Waals surface area contributed by atoms with Crippen LogP contribution in [0.15, 0.2) is 95.9 Å². The van der Waals surface area contributed by atoms with Gasteiger partial charge in [0.15, 0.2) is 11.6 Å². The highest BCUT2D eigenvalue weighted by atomic mass is 32.2. The van der Waals surface area contributed by atoms with Crippen LogP contribution in [0.4, 0.5) is 23.0 Å². The molecule has 0 unspecified atom stereocenters. The van der Waals surface area contributed by atoms with Crippen molar-refractivity contribution in [1.29, 1.82) is 0 Å². The van der Waals surface area contributed by atoms with Crippen LogP contribution in [0.1, 0.15) is 5.56 Å². The van der Waals surface area contributed by atoms with Gasteiger partial charge in [0.1, 0.15) is 17.2 Å². The molecule has 0 aliphatic heterocycles. The van der Waals surface area contributed by atoms with E-state index in [1.807, 2.05) is 6.07 Å². The summed E-state index contributed by atoms with van der Waals surface area (Å²) in [5.41, 5.74) is 2.38. The van der Waals surface area contributed by atoms with E-state index in [-0.39, 0.29) is 34.6 Å². The zero-order valence-corrected chi connectivity index (χ0v) is 23.5. The maximum Gasteiger partial charge on any atom is 0.263 e. The van der Waals surface area contributed by atoms with Crippen LogP contribution < -0.4 is 24.8 Å². The third-order valence-electron chi connectivity index (χ3n) is 6.16. The van der Waals surface area contributed by atoms with Crippen molar-refractivity contribution in [3.8, 4) is 17.2 Å². The minimum atomic E-state index is -4.18. The molecule has 0 bridgehead atoms. The van der Waals surface area contributed by atoms with E-state index in [1.165, 1.54) is 44.6 Å². The summed E-state index contributed by atoms with van der Waals surface area (Å²) in [6.45, 7) is 0. The number of aromatic hydroxyl groups is 1. The van der Waals surface area contributed by atoms with Crippen molar-refractivity contribution in [3.05, 3.63) is 96.6 Å². The molecule has 42 heavy (non-hydrogen) atoms. The third-order valence-corrected chi connectivity index (χ3v) is 7.50. The topological polar surface area (TPSA) is 152 Å². The maximum absolute atomic E-state index is 13.5. The molecule has 1 aromatic heterocycles. The number of aromatic nitrogens is 2. The van der Waals surface area contributed by atoms with Crippen LogP contribution in [0, 0.1) is 0 Å². The van der Waals surface area contributed by atoms with Gasteiger partial charge in [-0.25, -0.2) is 18.4 Å². The predicted octanol–water partition coefficient (Wildman–Crippen LogP) is 5.08. The Balaban J connectivity index is 1.42. The Labute approximate surface area is 242 Å². The monoisotopic (exact) mass is 585 g/mol. The molecule has 0 spiro atoms. The molecule has 0 atom stereocenters. The van der Waals surface area contributed by atoms with Gasteiger partial charge in [0.25, 0.3) is 10.0 Å². The largest absolute Gasteiger partial charge is 0.508 e. The highest BCUT2D eigenvalue weighted by Crippen LogP contribution is 2.31. The Bertz CT molecular complexity index is 1880. The number of sulfonamides is 1. The molecule has 5 rings (SSSR count). The molecule has 0 aliphatic rings. The van der Waals surface area contributed by atoms with E-state index in [0.717, 1.165) is 0 Å². The molecule has 4 N–H and O–H groups in total. The number of phenolic OH excluding ortho intramolecular Hbond substituents is 1. The molecular weight excluding hydrogens is 558 g/mol. The number of carbonyl (C=O) groups is 1.